The Morgan fingerprint density at radius 3 is 2.81 bits per heavy atom. The summed E-state index contributed by atoms with van der Waals surface area (Å²) in [6, 6.07) is 9.69. The first-order valence-corrected chi connectivity index (χ1v) is 7.61. The number of fused-ring (bicyclic) bond motifs is 1. The van der Waals surface area contributed by atoms with Crippen LogP contribution in [0.5, 0.6) is 0 Å². The van der Waals surface area contributed by atoms with Crippen molar-refractivity contribution < 1.29 is 0 Å². The molecule has 0 amide bonds. The van der Waals surface area contributed by atoms with Crippen molar-refractivity contribution in [3.63, 3.8) is 0 Å². The maximum Gasteiger partial charge on any atom is 0.0843 e. The summed E-state index contributed by atoms with van der Waals surface area (Å²) in [5.74, 6) is 0. The second-order valence-electron chi connectivity index (χ2n) is 5.87. The smallest absolute Gasteiger partial charge is 0.0843 e. The Kier molecular flexibility index (Phi) is 5.25. The van der Waals surface area contributed by atoms with E-state index >= 15 is 0 Å². The fourth-order valence-electron chi connectivity index (χ4n) is 3.06. The molecular weight excluding hydrogens is 284 g/mol. The summed E-state index contributed by atoms with van der Waals surface area (Å²) < 4.78 is 2.11. The van der Waals surface area contributed by atoms with Gasteiger partial charge in [0.15, 0.2) is 0 Å². The van der Waals surface area contributed by atoms with Crippen molar-refractivity contribution in [3.8, 4) is 0 Å². The van der Waals surface area contributed by atoms with Gasteiger partial charge < -0.3 is 5.32 Å². The summed E-state index contributed by atoms with van der Waals surface area (Å²) in [5, 5.41) is 9.65. The fraction of sp³-hybridized carbons (Fsp3) is 0.562. The third-order valence-electron chi connectivity index (χ3n) is 4.28. The molecule has 2 atom stereocenters. The molecule has 2 heterocycles. The van der Waals surface area contributed by atoms with Gasteiger partial charge in [0.2, 0.25) is 0 Å². The highest BCUT2D eigenvalue weighted by atomic mass is 35.5. The molecule has 1 fully saturated rings. The third kappa shape index (κ3) is 3.23. The monoisotopic (exact) mass is 308 g/mol. The van der Waals surface area contributed by atoms with Gasteiger partial charge in [0.05, 0.1) is 11.2 Å². The minimum atomic E-state index is 0. The minimum Gasteiger partial charge on any atom is -0.311 e. The van der Waals surface area contributed by atoms with Crippen molar-refractivity contribution in [2.75, 3.05) is 13.1 Å². The van der Waals surface area contributed by atoms with Crippen molar-refractivity contribution in [2.45, 2.75) is 45.9 Å². The Labute approximate surface area is 132 Å². The summed E-state index contributed by atoms with van der Waals surface area (Å²) in [6.45, 7) is 10.7. The highest BCUT2D eigenvalue weighted by Gasteiger charge is 2.23. The van der Waals surface area contributed by atoms with Gasteiger partial charge in [0.25, 0.3) is 0 Å². The zero-order chi connectivity index (χ0) is 14.1. The lowest BCUT2D eigenvalue weighted by atomic mass is 10.1. The van der Waals surface area contributed by atoms with Crippen LogP contribution in [-0.2, 0) is 13.1 Å². The summed E-state index contributed by atoms with van der Waals surface area (Å²) in [7, 11) is 0. The number of piperazine rings is 1. The largest absolute Gasteiger partial charge is 0.311 e. The summed E-state index contributed by atoms with van der Waals surface area (Å²) in [6.07, 6.45) is 0. The number of hydrogen-bond donors (Lipinski definition) is 1. The molecule has 2 unspecified atom stereocenters. The normalized spacial score (nSPS) is 23.2. The predicted molar refractivity (Wildman–Crippen MR) is 90.0 cm³/mol. The molecule has 1 aliphatic heterocycles. The van der Waals surface area contributed by atoms with E-state index in [0.29, 0.717) is 12.1 Å². The molecule has 2 aromatic rings. The van der Waals surface area contributed by atoms with Crippen molar-refractivity contribution in [2.24, 2.45) is 0 Å². The maximum atomic E-state index is 4.82. The first-order valence-electron chi connectivity index (χ1n) is 7.61. The Balaban J connectivity index is 0.00000161. The van der Waals surface area contributed by atoms with E-state index in [9.17, 15) is 0 Å². The molecule has 0 radical (unpaired) electrons. The third-order valence-corrected chi connectivity index (χ3v) is 4.28. The minimum absolute atomic E-state index is 0. The molecule has 0 spiro atoms. The zero-order valence-electron chi connectivity index (χ0n) is 13.0. The molecule has 1 saturated heterocycles. The molecule has 0 saturated carbocycles. The Bertz CT molecular complexity index is 595. The van der Waals surface area contributed by atoms with Crippen LogP contribution in [0.4, 0.5) is 0 Å². The van der Waals surface area contributed by atoms with Crippen LogP contribution in [0.15, 0.2) is 24.3 Å². The van der Waals surface area contributed by atoms with E-state index in [-0.39, 0.29) is 12.4 Å². The van der Waals surface area contributed by atoms with E-state index < -0.39 is 0 Å². The highest BCUT2D eigenvalue weighted by molar-refractivity contribution is 5.85. The number of aryl methyl sites for hydroxylation is 1. The molecule has 1 aromatic heterocycles. The molecule has 0 bridgehead atoms. The quantitative estimate of drug-likeness (QED) is 0.946. The molecule has 21 heavy (non-hydrogen) atoms. The lowest BCUT2D eigenvalue weighted by Crippen LogP contribution is -2.53. The number of para-hydroxylation sites is 1. The molecule has 1 aromatic carbocycles. The van der Waals surface area contributed by atoms with Crippen LogP contribution in [-0.4, -0.2) is 39.9 Å². The van der Waals surface area contributed by atoms with Crippen molar-refractivity contribution >= 4 is 23.3 Å². The number of rotatable bonds is 3. The average molecular weight is 309 g/mol. The van der Waals surface area contributed by atoms with Crippen molar-refractivity contribution in [3.05, 3.63) is 30.0 Å². The molecule has 3 rings (SSSR count). The van der Waals surface area contributed by atoms with E-state index in [0.717, 1.165) is 26.2 Å². The first-order chi connectivity index (χ1) is 9.69. The number of nitrogens with zero attached hydrogens (tertiary/aromatic N) is 3. The molecule has 5 heteroatoms. The Morgan fingerprint density at radius 2 is 2.05 bits per heavy atom. The maximum absolute atomic E-state index is 4.82. The van der Waals surface area contributed by atoms with Gasteiger partial charge in [0.1, 0.15) is 0 Å². The van der Waals surface area contributed by atoms with E-state index in [1.54, 1.807) is 0 Å². The predicted octanol–water partition coefficient (Wildman–Crippen LogP) is 2.66. The standard InChI is InChI=1S/C16H24N4.ClH/c1-4-20-16-8-6-5-7-14(16)15(18-20)11-19-10-12(2)17-9-13(19)3;/h5-8,12-13,17H,4,9-11H2,1-3H3;1H. The van der Waals surface area contributed by atoms with Crippen LogP contribution in [0.25, 0.3) is 10.9 Å². The lowest BCUT2D eigenvalue weighted by Gasteiger charge is -2.37. The van der Waals surface area contributed by atoms with Gasteiger partial charge in [-0.2, -0.15) is 5.10 Å². The van der Waals surface area contributed by atoms with Crippen LogP contribution in [0.3, 0.4) is 0 Å². The second-order valence-corrected chi connectivity index (χ2v) is 5.87. The van der Waals surface area contributed by atoms with Gasteiger partial charge in [-0.15, -0.1) is 12.4 Å². The SMILES string of the molecule is CCn1nc(CN2CC(C)NCC2C)c2ccccc21.Cl. The average Bonchev–Trinajstić information content (AvgIpc) is 2.81. The number of halogens is 1. The number of hydrogen-bond acceptors (Lipinski definition) is 3. The molecule has 1 aliphatic rings. The zero-order valence-corrected chi connectivity index (χ0v) is 13.9. The lowest BCUT2D eigenvalue weighted by molar-refractivity contribution is 0.137. The van der Waals surface area contributed by atoms with Gasteiger partial charge in [-0.1, -0.05) is 18.2 Å². The van der Waals surface area contributed by atoms with Gasteiger partial charge in [-0.25, -0.2) is 0 Å². The van der Waals surface area contributed by atoms with Crippen LogP contribution in [0, 0.1) is 0 Å². The molecule has 116 valence electrons. The van der Waals surface area contributed by atoms with Crippen LogP contribution < -0.4 is 5.32 Å². The van der Waals surface area contributed by atoms with Gasteiger partial charge in [0, 0.05) is 43.6 Å². The second kappa shape index (κ2) is 6.77. The summed E-state index contributed by atoms with van der Waals surface area (Å²) >= 11 is 0. The molecular formula is C16H25ClN4. The van der Waals surface area contributed by atoms with Crippen molar-refractivity contribution in [1.29, 1.82) is 0 Å². The van der Waals surface area contributed by atoms with Gasteiger partial charge >= 0.3 is 0 Å². The van der Waals surface area contributed by atoms with Gasteiger partial charge in [-0.05, 0) is 26.8 Å². The van der Waals surface area contributed by atoms with Gasteiger partial charge in [-0.3, -0.25) is 9.58 Å². The topological polar surface area (TPSA) is 33.1 Å². The van der Waals surface area contributed by atoms with Crippen LogP contribution >= 0.6 is 12.4 Å². The molecule has 1 N–H and O–H groups in total. The van der Waals surface area contributed by atoms with Crippen LogP contribution in [0.1, 0.15) is 26.5 Å². The summed E-state index contributed by atoms with van der Waals surface area (Å²) in [4.78, 5) is 2.54. The highest BCUT2D eigenvalue weighted by Crippen LogP contribution is 2.21. The fourth-order valence-corrected chi connectivity index (χ4v) is 3.06. The number of nitrogens with one attached hydrogen (secondary N) is 1. The molecule has 0 aliphatic carbocycles. The molecule has 4 nitrogen and oxygen atoms in total. The number of benzene rings is 1. The first kappa shape index (κ1) is 16.3. The Hall–Kier alpha value is -1.10. The van der Waals surface area contributed by atoms with E-state index in [4.69, 9.17) is 5.10 Å². The Morgan fingerprint density at radius 1 is 1.29 bits per heavy atom. The van der Waals surface area contributed by atoms with Crippen LogP contribution in [0.2, 0.25) is 0 Å². The van der Waals surface area contributed by atoms with E-state index in [2.05, 4.69) is 59.9 Å². The van der Waals surface area contributed by atoms with Crippen molar-refractivity contribution in [1.82, 2.24) is 20.0 Å². The van der Waals surface area contributed by atoms with E-state index in [1.165, 1.54) is 16.6 Å². The number of aromatic nitrogens is 2. The van der Waals surface area contributed by atoms with E-state index in [1.807, 2.05) is 0 Å². The summed E-state index contributed by atoms with van der Waals surface area (Å²) in [5.41, 5.74) is 2.46.